The van der Waals surface area contributed by atoms with Crippen LogP contribution in [-0.2, 0) is 57.1 Å². The third kappa shape index (κ3) is 9.66. The molecule has 2 aliphatic rings. The van der Waals surface area contributed by atoms with E-state index in [1.54, 1.807) is 0 Å². The molecule has 6 atom stereocenters. The van der Waals surface area contributed by atoms with Gasteiger partial charge in [-0.05, 0) is 22.3 Å². The molecule has 0 spiro atoms. The van der Waals surface area contributed by atoms with Crippen LogP contribution in [-0.4, -0.2) is 99.0 Å². The van der Waals surface area contributed by atoms with Crippen molar-refractivity contribution < 1.29 is 61.9 Å². The second kappa shape index (κ2) is 17.4. The van der Waals surface area contributed by atoms with E-state index in [-0.39, 0.29) is 19.1 Å². The van der Waals surface area contributed by atoms with E-state index in [4.69, 9.17) is 33.2 Å². The summed E-state index contributed by atoms with van der Waals surface area (Å²) < 4.78 is 38.6. The molecule has 1 saturated heterocycles. The third-order valence-electron chi connectivity index (χ3n) is 7.76. The summed E-state index contributed by atoms with van der Waals surface area (Å²) in [6.45, 7) is 6.80. The highest BCUT2D eigenvalue weighted by molar-refractivity contribution is 5.82. The molecule has 2 N–H and O–H groups in total. The maximum atomic E-state index is 13.1. The second-order valence-electron chi connectivity index (χ2n) is 11.5. The minimum Gasteiger partial charge on any atom is -0.463 e. The molecule has 1 fully saturated rings. The Morgan fingerprint density at radius 2 is 1.40 bits per heavy atom. The van der Waals surface area contributed by atoms with Crippen molar-refractivity contribution in [1.82, 2.24) is 10.6 Å². The molecule has 1 aliphatic carbocycles. The molecule has 1 aliphatic heterocycles. The van der Waals surface area contributed by atoms with Crippen molar-refractivity contribution in [2.24, 2.45) is 0 Å². The largest absolute Gasteiger partial charge is 0.463 e. The van der Waals surface area contributed by atoms with Crippen molar-refractivity contribution in [1.29, 1.82) is 0 Å². The number of fused-ring (bicyclic) bond motifs is 3. The lowest BCUT2D eigenvalue weighted by Crippen LogP contribution is -2.67. The van der Waals surface area contributed by atoms with E-state index in [9.17, 15) is 28.8 Å². The second-order valence-corrected chi connectivity index (χ2v) is 11.5. The van der Waals surface area contributed by atoms with Crippen molar-refractivity contribution in [3.63, 3.8) is 0 Å². The number of amides is 2. The smallest absolute Gasteiger partial charge is 0.407 e. The maximum absolute atomic E-state index is 13.1. The lowest BCUT2D eigenvalue weighted by molar-refractivity contribution is -0.278. The zero-order valence-corrected chi connectivity index (χ0v) is 28.1. The summed E-state index contributed by atoms with van der Waals surface area (Å²) in [7, 11) is 0. The molecule has 2 aromatic carbocycles. The van der Waals surface area contributed by atoms with Crippen LogP contribution in [0.5, 0.6) is 0 Å². The van der Waals surface area contributed by atoms with Gasteiger partial charge in [-0.15, -0.1) is 0 Å². The molecular weight excluding hydrogens is 656 g/mol. The lowest BCUT2D eigenvalue weighted by atomic mass is 9.96. The topological polar surface area (TPSA) is 191 Å². The molecule has 0 aromatic heterocycles. The van der Waals surface area contributed by atoms with E-state index in [2.05, 4.69) is 17.2 Å². The van der Waals surface area contributed by atoms with E-state index in [0.29, 0.717) is 0 Å². The summed E-state index contributed by atoms with van der Waals surface area (Å²) in [6.07, 6.45) is -5.09. The highest BCUT2D eigenvalue weighted by Gasteiger charge is 2.51. The summed E-state index contributed by atoms with van der Waals surface area (Å²) in [6, 6.07) is 12.8. The van der Waals surface area contributed by atoms with Crippen molar-refractivity contribution in [3.8, 4) is 11.1 Å². The van der Waals surface area contributed by atoms with Gasteiger partial charge in [-0.1, -0.05) is 61.2 Å². The Morgan fingerprint density at radius 1 is 0.800 bits per heavy atom. The normalized spacial score (nSPS) is 21.3. The van der Waals surface area contributed by atoms with Gasteiger partial charge >= 0.3 is 30.0 Å². The van der Waals surface area contributed by atoms with Gasteiger partial charge in [0.25, 0.3) is 0 Å². The molecule has 268 valence electrons. The monoisotopic (exact) mass is 696 g/mol. The summed E-state index contributed by atoms with van der Waals surface area (Å²) >= 11 is 0. The number of nitrogens with one attached hydrogen (secondary N) is 2. The maximum Gasteiger partial charge on any atom is 0.407 e. The first-order valence-electron chi connectivity index (χ1n) is 15.8. The quantitative estimate of drug-likeness (QED) is 0.166. The number of ether oxygens (including phenoxy) is 7. The van der Waals surface area contributed by atoms with Gasteiger partial charge in [-0.3, -0.25) is 19.2 Å². The van der Waals surface area contributed by atoms with E-state index in [0.717, 1.165) is 43.0 Å². The van der Waals surface area contributed by atoms with Crippen LogP contribution in [0.25, 0.3) is 11.1 Å². The van der Waals surface area contributed by atoms with Gasteiger partial charge in [0.15, 0.2) is 24.5 Å². The fraction of sp³-hybridized carbons (Fsp3) is 0.429. The Bertz CT molecular complexity index is 1550. The van der Waals surface area contributed by atoms with E-state index in [1.807, 2.05) is 48.5 Å². The van der Waals surface area contributed by atoms with Gasteiger partial charge in [0.1, 0.15) is 32.0 Å². The fourth-order valence-corrected chi connectivity index (χ4v) is 5.82. The number of hydrogen-bond acceptors (Lipinski definition) is 13. The molecular formula is C35H40N2O13. The average Bonchev–Trinajstić information content (AvgIpc) is 3.38. The minimum atomic E-state index is -1.49. The van der Waals surface area contributed by atoms with Crippen LogP contribution in [0.3, 0.4) is 0 Å². The van der Waals surface area contributed by atoms with Crippen LogP contribution >= 0.6 is 0 Å². The Kier molecular flexibility index (Phi) is 13.1. The first kappa shape index (κ1) is 37.5. The summed E-state index contributed by atoms with van der Waals surface area (Å²) in [5.74, 6) is -4.00. The van der Waals surface area contributed by atoms with Crippen molar-refractivity contribution in [2.45, 2.75) is 70.3 Å². The Morgan fingerprint density at radius 3 is 1.96 bits per heavy atom. The van der Waals surface area contributed by atoms with Gasteiger partial charge in [0, 0.05) is 33.6 Å². The van der Waals surface area contributed by atoms with Crippen LogP contribution in [0.1, 0.15) is 44.7 Å². The summed E-state index contributed by atoms with van der Waals surface area (Å²) in [4.78, 5) is 74.3. The van der Waals surface area contributed by atoms with Crippen LogP contribution in [0, 0.1) is 0 Å². The predicted octanol–water partition coefficient (Wildman–Crippen LogP) is 2.30. The molecule has 0 saturated carbocycles. The lowest BCUT2D eigenvalue weighted by Gasteiger charge is -2.45. The SMILES string of the molecule is C=CCOC(=O)C(COC1OC(COC(C)=O)[C@@H](OC(C)=O)[C@H](OC(C)=O)[C@@H]1NC(C)=O)NC(=O)OCC1c2ccccc2-c2ccccc21. The molecule has 2 aromatic rings. The van der Waals surface area contributed by atoms with E-state index in [1.165, 1.54) is 13.0 Å². The number of benzene rings is 2. The first-order valence-corrected chi connectivity index (χ1v) is 15.8. The molecule has 0 bridgehead atoms. The molecule has 0 radical (unpaired) electrons. The van der Waals surface area contributed by atoms with Gasteiger partial charge in [0.05, 0.1) is 6.61 Å². The Balaban J connectivity index is 1.53. The average molecular weight is 697 g/mol. The van der Waals surface area contributed by atoms with Crippen molar-refractivity contribution >= 4 is 35.9 Å². The van der Waals surface area contributed by atoms with Crippen molar-refractivity contribution in [3.05, 3.63) is 72.3 Å². The zero-order chi connectivity index (χ0) is 36.4. The molecule has 4 rings (SSSR count). The van der Waals surface area contributed by atoms with Gasteiger partial charge < -0.3 is 43.8 Å². The number of rotatable bonds is 14. The highest BCUT2D eigenvalue weighted by Crippen LogP contribution is 2.44. The number of esters is 4. The number of alkyl carbamates (subject to hydrolysis) is 1. The molecule has 15 nitrogen and oxygen atoms in total. The molecule has 3 unspecified atom stereocenters. The molecule has 15 heteroatoms. The highest BCUT2D eigenvalue weighted by atomic mass is 16.7. The number of hydrogen-bond donors (Lipinski definition) is 2. The standard InChI is InChI=1S/C35H40N2O13/c1-6-15-44-33(42)28(37-35(43)47-16-27-25-13-9-7-11-23(25)24-12-8-10-14-26(24)27)17-46-34-30(36-19(2)38)32(49-22(5)41)31(48-21(4)40)29(50-34)18-45-20(3)39/h6-14,27-32,34H,1,15-18H2,2-5H3,(H,36,38)(H,37,43)/t28?,29?,30-,31+,32+,34?/m0/s1. The van der Waals surface area contributed by atoms with Crippen molar-refractivity contribution in [2.75, 3.05) is 26.4 Å². The number of carbonyl (C=O) groups excluding carboxylic acids is 6. The third-order valence-corrected chi connectivity index (χ3v) is 7.76. The zero-order valence-electron chi connectivity index (χ0n) is 28.1. The predicted molar refractivity (Wildman–Crippen MR) is 173 cm³/mol. The van der Waals surface area contributed by atoms with Gasteiger partial charge in [0.2, 0.25) is 5.91 Å². The molecule has 2 amide bonds. The summed E-state index contributed by atoms with van der Waals surface area (Å²) in [5, 5.41) is 5.03. The Hall–Kier alpha value is -5.28. The first-order chi connectivity index (χ1) is 23.9. The van der Waals surface area contributed by atoms with Gasteiger partial charge in [-0.2, -0.15) is 0 Å². The van der Waals surface area contributed by atoms with E-state index >= 15 is 0 Å². The minimum absolute atomic E-state index is 0.0368. The van der Waals surface area contributed by atoms with Gasteiger partial charge in [-0.25, -0.2) is 9.59 Å². The Labute approximate surface area is 288 Å². The van der Waals surface area contributed by atoms with Crippen LogP contribution in [0.15, 0.2) is 61.2 Å². The fourth-order valence-electron chi connectivity index (χ4n) is 5.82. The van der Waals surface area contributed by atoms with Crippen LogP contribution in [0.4, 0.5) is 4.79 Å². The molecule has 1 heterocycles. The number of carbonyl (C=O) groups is 6. The van der Waals surface area contributed by atoms with Crippen LogP contribution < -0.4 is 10.6 Å². The summed E-state index contributed by atoms with van der Waals surface area (Å²) in [5.41, 5.74) is 4.05. The van der Waals surface area contributed by atoms with Crippen LogP contribution in [0.2, 0.25) is 0 Å². The van der Waals surface area contributed by atoms with E-state index < -0.39 is 85.8 Å². The molecule has 50 heavy (non-hydrogen) atoms.